The van der Waals surface area contributed by atoms with Crippen molar-refractivity contribution in [1.82, 2.24) is 4.98 Å². The van der Waals surface area contributed by atoms with Gasteiger partial charge < -0.3 is 0 Å². The Labute approximate surface area is 97.5 Å². The Bertz CT molecular complexity index is 548. The molecule has 0 saturated heterocycles. The molecule has 0 N–H and O–H groups in total. The van der Waals surface area contributed by atoms with Gasteiger partial charge in [-0.15, -0.1) is 0 Å². The van der Waals surface area contributed by atoms with Crippen molar-refractivity contribution in [2.24, 2.45) is 4.99 Å². The minimum absolute atomic E-state index is 0.198. The number of rotatable bonds is 2. The zero-order chi connectivity index (χ0) is 11.4. The molecule has 1 aromatic heterocycles. The summed E-state index contributed by atoms with van der Waals surface area (Å²) in [4.78, 5) is 7.59. The van der Waals surface area contributed by atoms with Gasteiger partial charge >= 0.3 is 0 Å². The number of thiocarbonyl (C=S) groups is 1. The average molecular weight is 230 g/mol. The van der Waals surface area contributed by atoms with Crippen LogP contribution in [0.2, 0.25) is 0 Å². The molecule has 0 aliphatic carbocycles. The number of isothiocyanates is 1. The molecular formula is C12H7FN2S. The Kier molecular flexibility index (Phi) is 3.15. The first kappa shape index (κ1) is 10.6. The lowest BCUT2D eigenvalue weighted by molar-refractivity contribution is 0.630. The summed E-state index contributed by atoms with van der Waals surface area (Å²) in [6.45, 7) is 0. The molecule has 0 fully saturated rings. The summed E-state index contributed by atoms with van der Waals surface area (Å²) in [7, 11) is 0. The van der Waals surface area contributed by atoms with E-state index in [4.69, 9.17) is 0 Å². The molecule has 2 nitrogen and oxygen atoms in total. The second kappa shape index (κ2) is 4.75. The third-order valence-electron chi connectivity index (χ3n) is 2.13. The van der Waals surface area contributed by atoms with Crippen LogP contribution < -0.4 is 0 Å². The van der Waals surface area contributed by atoms with Crippen molar-refractivity contribution in [2.45, 2.75) is 0 Å². The summed E-state index contributed by atoms with van der Waals surface area (Å²) in [6.07, 6.45) is 3.36. The van der Waals surface area contributed by atoms with E-state index in [0.717, 1.165) is 11.1 Å². The topological polar surface area (TPSA) is 25.2 Å². The van der Waals surface area contributed by atoms with E-state index in [1.54, 1.807) is 24.5 Å². The van der Waals surface area contributed by atoms with Gasteiger partial charge in [-0.3, -0.25) is 4.98 Å². The fourth-order valence-electron chi connectivity index (χ4n) is 1.37. The van der Waals surface area contributed by atoms with Crippen molar-refractivity contribution >= 4 is 23.1 Å². The lowest BCUT2D eigenvalue weighted by Gasteiger charge is -2.02. The number of hydrogen-bond acceptors (Lipinski definition) is 3. The summed E-state index contributed by atoms with van der Waals surface area (Å²) in [6, 6.07) is 8.37. The fourth-order valence-corrected chi connectivity index (χ4v) is 1.47. The molecule has 1 heterocycles. The van der Waals surface area contributed by atoms with Crippen molar-refractivity contribution in [2.75, 3.05) is 0 Å². The van der Waals surface area contributed by atoms with Crippen molar-refractivity contribution in [3.63, 3.8) is 0 Å². The third-order valence-corrected chi connectivity index (χ3v) is 2.22. The molecular weight excluding hydrogens is 223 g/mol. The van der Waals surface area contributed by atoms with E-state index < -0.39 is 5.82 Å². The van der Waals surface area contributed by atoms with E-state index in [1.165, 1.54) is 6.07 Å². The molecule has 0 spiro atoms. The maximum atomic E-state index is 13.3. The van der Waals surface area contributed by atoms with Gasteiger partial charge in [0.2, 0.25) is 0 Å². The standard InChI is InChI=1S/C12H7FN2S/c13-11-2-1-10(7-12(11)15-8-16)9-3-5-14-6-4-9/h1-7H. The summed E-state index contributed by atoms with van der Waals surface area (Å²) in [5.41, 5.74) is 2.02. The van der Waals surface area contributed by atoms with E-state index >= 15 is 0 Å². The molecule has 78 valence electrons. The Morgan fingerprint density at radius 3 is 2.56 bits per heavy atom. The Balaban J connectivity index is 2.52. The first-order chi connectivity index (χ1) is 7.81. The van der Waals surface area contributed by atoms with Crippen LogP contribution in [0, 0.1) is 5.82 Å². The number of nitrogens with zero attached hydrogens (tertiary/aromatic N) is 2. The molecule has 0 unspecified atom stereocenters. The minimum Gasteiger partial charge on any atom is -0.265 e. The van der Waals surface area contributed by atoms with Crippen LogP contribution in [0.4, 0.5) is 10.1 Å². The highest BCUT2D eigenvalue weighted by atomic mass is 32.1. The third kappa shape index (κ3) is 2.19. The predicted octanol–water partition coefficient (Wildman–Crippen LogP) is 3.62. The lowest BCUT2D eigenvalue weighted by atomic mass is 10.1. The molecule has 1 aromatic carbocycles. The molecule has 0 bridgehead atoms. The first-order valence-electron chi connectivity index (χ1n) is 4.59. The van der Waals surface area contributed by atoms with E-state index in [1.807, 2.05) is 12.1 Å². The van der Waals surface area contributed by atoms with Gasteiger partial charge in [-0.2, -0.15) is 4.99 Å². The zero-order valence-corrected chi connectivity index (χ0v) is 9.04. The Morgan fingerprint density at radius 2 is 1.88 bits per heavy atom. The molecule has 4 heteroatoms. The molecule has 0 aliphatic heterocycles. The largest absolute Gasteiger partial charge is 0.265 e. The van der Waals surface area contributed by atoms with Crippen LogP contribution in [0.5, 0.6) is 0 Å². The van der Waals surface area contributed by atoms with Gasteiger partial charge in [-0.1, -0.05) is 6.07 Å². The molecule has 0 aliphatic rings. The normalized spacial score (nSPS) is 9.56. The van der Waals surface area contributed by atoms with Crippen LogP contribution >= 0.6 is 12.2 Å². The van der Waals surface area contributed by atoms with Gasteiger partial charge in [0.1, 0.15) is 11.5 Å². The molecule has 16 heavy (non-hydrogen) atoms. The number of aromatic nitrogens is 1. The highest BCUT2D eigenvalue weighted by molar-refractivity contribution is 7.78. The number of aliphatic imine (C=N–C) groups is 1. The first-order valence-corrected chi connectivity index (χ1v) is 5.00. The second-order valence-corrected chi connectivity index (χ2v) is 3.29. The van der Waals surface area contributed by atoms with Crippen LogP contribution in [-0.2, 0) is 0 Å². The van der Waals surface area contributed by atoms with E-state index in [9.17, 15) is 4.39 Å². The summed E-state index contributed by atoms with van der Waals surface area (Å²) >= 11 is 4.46. The maximum Gasteiger partial charge on any atom is 0.149 e. The SMILES string of the molecule is Fc1ccc(-c2ccncc2)cc1N=C=S. The molecule has 0 amide bonds. The summed E-state index contributed by atoms with van der Waals surface area (Å²) in [5.74, 6) is -0.407. The number of pyridine rings is 1. The van der Waals surface area contributed by atoms with Crippen molar-refractivity contribution in [3.8, 4) is 11.1 Å². The lowest BCUT2D eigenvalue weighted by Crippen LogP contribution is -1.81. The highest BCUT2D eigenvalue weighted by Gasteiger charge is 2.03. The minimum atomic E-state index is -0.407. The predicted molar refractivity (Wildman–Crippen MR) is 64.3 cm³/mol. The fraction of sp³-hybridized carbons (Fsp3) is 0. The van der Waals surface area contributed by atoms with E-state index in [0.29, 0.717) is 0 Å². The van der Waals surface area contributed by atoms with Crippen LogP contribution in [0.3, 0.4) is 0 Å². The van der Waals surface area contributed by atoms with Crippen LogP contribution in [0.15, 0.2) is 47.7 Å². The monoisotopic (exact) mass is 230 g/mol. The molecule has 2 rings (SSSR count). The Morgan fingerprint density at radius 1 is 1.12 bits per heavy atom. The van der Waals surface area contributed by atoms with Crippen LogP contribution in [-0.4, -0.2) is 10.1 Å². The van der Waals surface area contributed by atoms with E-state index in [-0.39, 0.29) is 5.69 Å². The van der Waals surface area contributed by atoms with Crippen LogP contribution in [0.25, 0.3) is 11.1 Å². The van der Waals surface area contributed by atoms with Gasteiger partial charge in [-0.05, 0) is 47.6 Å². The van der Waals surface area contributed by atoms with Crippen molar-refractivity contribution in [3.05, 3.63) is 48.5 Å². The van der Waals surface area contributed by atoms with Crippen molar-refractivity contribution < 1.29 is 4.39 Å². The number of benzene rings is 1. The van der Waals surface area contributed by atoms with Gasteiger partial charge in [0.05, 0.1) is 5.16 Å². The highest BCUT2D eigenvalue weighted by Crippen LogP contribution is 2.25. The quantitative estimate of drug-likeness (QED) is 0.581. The summed E-state index contributed by atoms with van der Waals surface area (Å²) < 4.78 is 13.3. The van der Waals surface area contributed by atoms with Crippen LogP contribution in [0.1, 0.15) is 0 Å². The average Bonchev–Trinajstić information content (AvgIpc) is 2.33. The molecule has 0 radical (unpaired) electrons. The molecule has 0 saturated carbocycles. The van der Waals surface area contributed by atoms with Crippen molar-refractivity contribution in [1.29, 1.82) is 0 Å². The number of halogens is 1. The van der Waals surface area contributed by atoms with E-state index in [2.05, 4.69) is 27.4 Å². The maximum absolute atomic E-state index is 13.3. The number of hydrogen-bond donors (Lipinski definition) is 0. The summed E-state index contributed by atoms with van der Waals surface area (Å²) in [5, 5.41) is 2.16. The Hall–Kier alpha value is -1.90. The molecule has 0 atom stereocenters. The molecule has 2 aromatic rings. The van der Waals surface area contributed by atoms with Gasteiger partial charge in [0.25, 0.3) is 0 Å². The van der Waals surface area contributed by atoms with Gasteiger partial charge in [-0.25, -0.2) is 4.39 Å². The second-order valence-electron chi connectivity index (χ2n) is 3.11. The van der Waals surface area contributed by atoms with Gasteiger partial charge in [0.15, 0.2) is 0 Å². The smallest absolute Gasteiger partial charge is 0.149 e. The zero-order valence-electron chi connectivity index (χ0n) is 8.22. The van der Waals surface area contributed by atoms with Gasteiger partial charge in [0, 0.05) is 12.4 Å².